The maximum absolute atomic E-state index is 9.25. The van der Waals surface area contributed by atoms with Crippen molar-refractivity contribution >= 4 is 0 Å². The molecule has 1 nitrogen and oxygen atoms in total. The van der Waals surface area contributed by atoms with Gasteiger partial charge in [0, 0.05) is 6.61 Å². The molecule has 0 heterocycles. The van der Waals surface area contributed by atoms with Crippen LogP contribution in [0, 0.1) is 10.8 Å². The van der Waals surface area contributed by atoms with Crippen LogP contribution in [0.4, 0.5) is 0 Å². The third-order valence-electron chi connectivity index (χ3n) is 2.96. The van der Waals surface area contributed by atoms with Crippen molar-refractivity contribution in [3.05, 3.63) is 0 Å². The van der Waals surface area contributed by atoms with Gasteiger partial charge in [-0.05, 0) is 17.3 Å². The highest BCUT2D eigenvalue weighted by molar-refractivity contribution is 4.85. The van der Waals surface area contributed by atoms with E-state index in [-0.39, 0.29) is 10.8 Å². The van der Waals surface area contributed by atoms with Crippen LogP contribution in [0.1, 0.15) is 47.5 Å². The molecule has 0 aliphatic carbocycles. The molecule has 0 bridgehead atoms. The summed E-state index contributed by atoms with van der Waals surface area (Å²) in [6.07, 6.45) is 2.25. The molecule has 1 N–H and O–H groups in total. The summed E-state index contributed by atoms with van der Waals surface area (Å²) in [7, 11) is 0. The molecule has 0 aromatic carbocycles. The molecule has 0 aromatic heterocycles. The highest BCUT2D eigenvalue weighted by atomic mass is 16.3. The summed E-state index contributed by atoms with van der Waals surface area (Å²) >= 11 is 0. The molecule has 0 saturated heterocycles. The van der Waals surface area contributed by atoms with E-state index in [0.717, 1.165) is 12.8 Å². The first-order valence-corrected chi connectivity index (χ1v) is 4.48. The van der Waals surface area contributed by atoms with Gasteiger partial charge in [-0.1, -0.05) is 41.0 Å². The average molecular weight is 158 g/mol. The summed E-state index contributed by atoms with van der Waals surface area (Å²) in [5.41, 5.74) is 0.291. The second-order valence-electron chi connectivity index (χ2n) is 4.72. The molecule has 0 rings (SSSR count). The lowest BCUT2D eigenvalue weighted by atomic mass is 9.66. The molecule has 1 heteroatoms. The zero-order valence-electron chi connectivity index (χ0n) is 8.57. The topological polar surface area (TPSA) is 20.2 Å². The number of hydrogen-bond acceptors (Lipinski definition) is 1. The van der Waals surface area contributed by atoms with Crippen molar-refractivity contribution in [2.45, 2.75) is 47.5 Å². The van der Waals surface area contributed by atoms with E-state index in [0.29, 0.717) is 6.61 Å². The standard InChI is InChI=1S/C10H22O/c1-6-7-10(5,8-11)9(2,3)4/h11H,6-8H2,1-5H3/t10-/m1/s1. The van der Waals surface area contributed by atoms with Crippen LogP contribution < -0.4 is 0 Å². The van der Waals surface area contributed by atoms with Gasteiger partial charge >= 0.3 is 0 Å². The Hall–Kier alpha value is -0.0400. The van der Waals surface area contributed by atoms with E-state index in [1.165, 1.54) is 0 Å². The Bertz CT molecular complexity index is 113. The summed E-state index contributed by atoms with van der Waals surface area (Å²) in [6, 6.07) is 0. The molecule has 0 amide bonds. The minimum absolute atomic E-state index is 0.0851. The highest BCUT2D eigenvalue weighted by Crippen LogP contribution is 2.41. The monoisotopic (exact) mass is 158 g/mol. The van der Waals surface area contributed by atoms with Crippen LogP contribution in [0.25, 0.3) is 0 Å². The van der Waals surface area contributed by atoms with Crippen LogP contribution in [0.5, 0.6) is 0 Å². The molecule has 0 unspecified atom stereocenters. The molecular weight excluding hydrogens is 136 g/mol. The van der Waals surface area contributed by atoms with Gasteiger partial charge in [0.25, 0.3) is 0 Å². The van der Waals surface area contributed by atoms with E-state index in [1.807, 2.05) is 0 Å². The Morgan fingerprint density at radius 1 is 1.09 bits per heavy atom. The van der Waals surface area contributed by atoms with Crippen LogP contribution in [0.2, 0.25) is 0 Å². The number of aliphatic hydroxyl groups excluding tert-OH is 1. The van der Waals surface area contributed by atoms with E-state index in [4.69, 9.17) is 0 Å². The fourth-order valence-electron chi connectivity index (χ4n) is 1.24. The molecule has 0 radical (unpaired) electrons. The van der Waals surface area contributed by atoms with Crippen LogP contribution in [-0.2, 0) is 0 Å². The lowest BCUT2D eigenvalue weighted by molar-refractivity contribution is 0.0238. The smallest absolute Gasteiger partial charge is 0.0489 e. The molecule has 0 aromatic rings. The van der Waals surface area contributed by atoms with Crippen molar-refractivity contribution in [3.8, 4) is 0 Å². The molecule has 0 aliphatic heterocycles. The molecule has 68 valence electrons. The van der Waals surface area contributed by atoms with Gasteiger partial charge in [0.05, 0.1) is 0 Å². The number of rotatable bonds is 3. The van der Waals surface area contributed by atoms with Crippen molar-refractivity contribution in [3.63, 3.8) is 0 Å². The second kappa shape index (κ2) is 3.57. The Labute approximate surface area is 70.8 Å². The van der Waals surface area contributed by atoms with Crippen molar-refractivity contribution in [1.82, 2.24) is 0 Å². The predicted molar refractivity (Wildman–Crippen MR) is 49.6 cm³/mol. The Kier molecular flexibility index (Phi) is 3.56. The van der Waals surface area contributed by atoms with Crippen LogP contribution >= 0.6 is 0 Å². The predicted octanol–water partition coefficient (Wildman–Crippen LogP) is 2.83. The van der Waals surface area contributed by atoms with E-state index in [2.05, 4.69) is 34.6 Å². The maximum atomic E-state index is 9.25. The largest absolute Gasteiger partial charge is 0.396 e. The van der Waals surface area contributed by atoms with Crippen LogP contribution in [0.3, 0.4) is 0 Å². The first-order valence-electron chi connectivity index (χ1n) is 4.48. The molecule has 11 heavy (non-hydrogen) atoms. The molecular formula is C10H22O. The first kappa shape index (κ1) is 11.0. The van der Waals surface area contributed by atoms with E-state index in [9.17, 15) is 5.11 Å². The van der Waals surface area contributed by atoms with Crippen molar-refractivity contribution in [2.75, 3.05) is 6.61 Å². The fraction of sp³-hybridized carbons (Fsp3) is 1.00. The van der Waals surface area contributed by atoms with Gasteiger partial charge < -0.3 is 5.11 Å². The minimum Gasteiger partial charge on any atom is -0.396 e. The van der Waals surface area contributed by atoms with Crippen molar-refractivity contribution in [1.29, 1.82) is 0 Å². The van der Waals surface area contributed by atoms with Crippen LogP contribution in [-0.4, -0.2) is 11.7 Å². The minimum atomic E-state index is 0.0851. The normalized spacial score (nSPS) is 18.0. The van der Waals surface area contributed by atoms with Gasteiger partial charge in [-0.2, -0.15) is 0 Å². The lowest BCUT2D eigenvalue weighted by Crippen LogP contribution is -2.36. The Balaban J connectivity index is 4.33. The average Bonchev–Trinajstić information content (AvgIpc) is 1.86. The summed E-state index contributed by atoms with van der Waals surface area (Å²) in [6.45, 7) is 11.2. The second-order valence-corrected chi connectivity index (χ2v) is 4.72. The zero-order valence-corrected chi connectivity index (χ0v) is 8.57. The third kappa shape index (κ3) is 2.48. The summed E-state index contributed by atoms with van der Waals surface area (Å²) < 4.78 is 0. The van der Waals surface area contributed by atoms with E-state index in [1.54, 1.807) is 0 Å². The Morgan fingerprint density at radius 2 is 1.55 bits per heavy atom. The molecule has 0 spiro atoms. The third-order valence-corrected chi connectivity index (χ3v) is 2.96. The van der Waals surface area contributed by atoms with Crippen molar-refractivity contribution < 1.29 is 5.11 Å². The van der Waals surface area contributed by atoms with E-state index >= 15 is 0 Å². The SMILES string of the molecule is CCC[C@](C)(CO)C(C)(C)C. The van der Waals surface area contributed by atoms with Crippen molar-refractivity contribution in [2.24, 2.45) is 10.8 Å². The van der Waals surface area contributed by atoms with Gasteiger partial charge in [-0.25, -0.2) is 0 Å². The molecule has 1 atom stereocenters. The molecule has 0 saturated carbocycles. The summed E-state index contributed by atoms with van der Waals surface area (Å²) in [5.74, 6) is 0. The van der Waals surface area contributed by atoms with Crippen LogP contribution in [0.15, 0.2) is 0 Å². The fourth-order valence-corrected chi connectivity index (χ4v) is 1.24. The maximum Gasteiger partial charge on any atom is 0.0489 e. The summed E-state index contributed by atoms with van der Waals surface area (Å²) in [4.78, 5) is 0. The first-order chi connectivity index (χ1) is 4.87. The summed E-state index contributed by atoms with van der Waals surface area (Å²) in [5, 5.41) is 9.25. The van der Waals surface area contributed by atoms with E-state index < -0.39 is 0 Å². The number of hydrogen-bond donors (Lipinski definition) is 1. The van der Waals surface area contributed by atoms with Gasteiger partial charge in [-0.3, -0.25) is 0 Å². The zero-order chi connectivity index (χ0) is 9.12. The molecule has 0 fully saturated rings. The van der Waals surface area contributed by atoms with Gasteiger partial charge in [0.1, 0.15) is 0 Å². The Morgan fingerprint density at radius 3 is 1.64 bits per heavy atom. The number of aliphatic hydroxyl groups is 1. The van der Waals surface area contributed by atoms with Gasteiger partial charge in [-0.15, -0.1) is 0 Å². The highest BCUT2D eigenvalue weighted by Gasteiger charge is 2.35. The quantitative estimate of drug-likeness (QED) is 0.669. The van der Waals surface area contributed by atoms with Gasteiger partial charge in [0.15, 0.2) is 0 Å². The molecule has 0 aliphatic rings. The van der Waals surface area contributed by atoms with Gasteiger partial charge in [0.2, 0.25) is 0 Å². The lowest BCUT2D eigenvalue weighted by Gasteiger charge is -2.40.